The Hall–Kier alpha value is -1.55. The Kier molecular flexibility index (Phi) is 7.09. The largest absolute Gasteiger partial charge is 0.391 e. The maximum Gasteiger partial charge on any atom is 0.315 e. The van der Waals surface area contributed by atoms with E-state index in [0.29, 0.717) is 13.0 Å². The molecule has 0 saturated carbocycles. The zero-order valence-corrected chi connectivity index (χ0v) is 12.6. The minimum Gasteiger partial charge on any atom is -0.391 e. The maximum absolute atomic E-state index is 11.7. The molecule has 0 aromatic heterocycles. The predicted molar refractivity (Wildman–Crippen MR) is 81.7 cm³/mol. The molecular formula is C16H26N2O2. The maximum atomic E-state index is 11.7. The highest BCUT2D eigenvalue weighted by atomic mass is 16.3. The summed E-state index contributed by atoms with van der Waals surface area (Å²) in [5.74, 6) is 0. The molecule has 0 bridgehead atoms. The molecule has 4 nitrogen and oxygen atoms in total. The van der Waals surface area contributed by atoms with Crippen molar-refractivity contribution in [2.75, 3.05) is 6.54 Å². The Morgan fingerprint density at radius 1 is 1.25 bits per heavy atom. The van der Waals surface area contributed by atoms with Gasteiger partial charge in [0.1, 0.15) is 0 Å². The van der Waals surface area contributed by atoms with Crippen molar-refractivity contribution < 1.29 is 9.90 Å². The van der Waals surface area contributed by atoms with Crippen LogP contribution in [0.5, 0.6) is 0 Å². The van der Waals surface area contributed by atoms with Gasteiger partial charge in [-0.25, -0.2) is 4.79 Å². The minimum atomic E-state index is -0.468. The lowest BCUT2D eigenvalue weighted by Crippen LogP contribution is -2.40. The average molecular weight is 278 g/mol. The summed E-state index contributed by atoms with van der Waals surface area (Å²) < 4.78 is 0. The molecule has 2 unspecified atom stereocenters. The number of aryl methyl sites for hydroxylation is 1. The van der Waals surface area contributed by atoms with E-state index < -0.39 is 6.10 Å². The molecule has 0 spiro atoms. The topological polar surface area (TPSA) is 61.4 Å². The van der Waals surface area contributed by atoms with Gasteiger partial charge in [0.05, 0.1) is 12.1 Å². The first-order chi connectivity index (χ1) is 9.56. The van der Waals surface area contributed by atoms with Crippen LogP contribution < -0.4 is 10.6 Å². The quantitative estimate of drug-likeness (QED) is 0.718. The molecule has 3 N–H and O–H groups in total. The van der Waals surface area contributed by atoms with E-state index in [1.807, 2.05) is 26.0 Å². The fraction of sp³-hybridized carbons (Fsp3) is 0.562. The molecule has 0 heterocycles. The third-order valence-corrected chi connectivity index (χ3v) is 3.36. The second-order valence-electron chi connectivity index (χ2n) is 5.11. The van der Waals surface area contributed by atoms with Gasteiger partial charge in [0.15, 0.2) is 0 Å². The number of carbonyl (C=O) groups is 1. The first-order valence-corrected chi connectivity index (χ1v) is 7.38. The van der Waals surface area contributed by atoms with Crippen LogP contribution in [-0.2, 0) is 6.42 Å². The molecule has 0 fully saturated rings. The molecule has 112 valence electrons. The molecule has 20 heavy (non-hydrogen) atoms. The Bertz CT molecular complexity index is 403. The van der Waals surface area contributed by atoms with Crippen molar-refractivity contribution in [3.05, 3.63) is 35.4 Å². The normalized spacial score (nSPS) is 13.6. The molecule has 1 rings (SSSR count). The summed E-state index contributed by atoms with van der Waals surface area (Å²) in [4.78, 5) is 11.7. The highest BCUT2D eigenvalue weighted by Gasteiger charge is 2.10. The van der Waals surface area contributed by atoms with Crippen LogP contribution in [0.25, 0.3) is 0 Å². The van der Waals surface area contributed by atoms with Crippen molar-refractivity contribution in [3.63, 3.8) is 0 Å². The monoisotopic (exact) mass is 278 g/mol. The molecule has 0 aliphatic rings. The van der Waals surface area contributed by atoms with Gasteiger partial charge >= 0.3 is 6.03 Å². The average Bonchev–Trinajstić information content (AvgIpc) is 2.45. The second-order valence-corrected chi connectivity index (χ2v) is 5.11. The number of urea groups is 1. The van der Waals surface area contributed by atoms with Gasteiger partial charge < -0.3 is 15.7 Å². The van der Waals surface area contributed by atoms with E-state index in [1.165, 1.54) is 5.56 Å². The van der Waals surface area contributed by atoms with Crippen LogP contribution in [-0.4, -0.2) is 23.8 Å². The smallest absolute Gasteiger partial charge is 0.315 e. The number of aliphatic hydroxyl groups is 1. The van der Waals surface area contributed by atoms with Crippen LogP contribution in [0.15, 0.2) is 24.3 Å². The lowest BCUT2D eigenvalue weighted by molar-refractivity contribution is 0.160. The molecule has 2 amide bonds. The van der Waals surface area contributed by atoms with Crippen LogP contribution in [0.3, 0.4) is 0 Å². The minimum absolute atomic E-state index is 0.0516. The highest BCUT2D eigenvalue weighted by molar-refractivity contribution is 5.74. The van der Waals surface area contributed by atoms with E-state index in [2.05, 4.69) is 29.7 Å². The zero-order valence-electron chi connectivity index (χ0n) is 12.6. The van der Waals surface area contributed by atoms with E-state index in [4.69, 9.17) is 0 Å². The molecule has 0 aliphatic carbocycles. The van der Waals surface area contributed by atoms with Crippen molar-refractivity contribution in [1.82, 2.24) is 10.6 Å². The van der Waals surface area contributed by atoms with Gasteiger partial charge in [0.2, 0.25) is 0 Å². The SMILES string of the molecule is CCCC(O)CNC(=O)NC(C)c1ccc(CC)cc1. The number of hydrogen-bond donors (Lipinski definition) is 3. The summed E-state index contributed by atoms with van der Waals surface area (Å²) in [6.45, 7) is 6.36. The molecule has 1 aromatic carbocycles. The number of carbonyl (C=O) groups excluding carboxylic acids is 1. The van der Waals surface area contributed by atoms with E-state index in [1.54, 1.807) is 0 Å². The first-order valence-electron chi connectivity index (χ1n) is 7.38. The lowest BCUT2D eigenvalue weighted by atomic mass is 10.1. The number of benzene rings is 1. The third-order valence-electron chi connectivity index (χ3n) is 3.36. The van der Waals surface area contributed by atoms with E-state index >= 15 is 0 Å². The van der Waals surface area contributed by atoms with Gasteiger partial charge in [-0.3, -0.25) is 0 Å². The fourth-order valence-electron chi connectivity index (χ4n) is 2.02. The van der Waals surface area contributed by atoms with E-state index in [9.17, 15) is 9.90 Å². The first kappa shape index (κ1) is 16.5. The van der Waals surface area contributed by atoms with Gasteiger partial charge in [-0.05, 0) is 30.9 Å². The summed E-state index contributed by atoms with van der Waals surface area (Å²) in [5.41, 5.74) is 2.36. The summed E-state index contributed by atoms with van der Waals surface area (Å²) in [7, 11) is 0. The van der Waals surface area contributed by atoms with Crippen LogP contribution in [0, 0.1) is 0 Å². The Morgan fingerprint density at radius 3 is 2.45 bits per heavy atom. The number of rotatable bonds is 7. The number of hydrogen-bond acceptors (Lipinski definition) is 2. The number of amides is 2. The lowest BCUT2D eigenvalue weighted by Gasteiger charge is -2.17. The summed E-state index contributed by atoms with van der Waals surface area (Å²) in [6.07, 6.45) is 2.15. The Balaban J connectivity index is 2.40. The van der Waals surface area contributed by atoms with Gasteiger partial charge in [-0.15, -0.1) is 0 Å². The Morgan fingerprint density at radius 2 is 1.90 bits per heavy atom. The molecule has 0 aliphatic heterocycles. The summed E-state index contributed by atoms with van der Waals surface area (Å²) in [6, 6.07) is 7.94. The second kappa shape index (κ2) is 8.59. The van der Waals surface area contributed by atoms with Crippen LogP contribution in [0.1, 0.15) is 50.8 Å². The van der Waals surface area contributed by atoms with Crippen molar-refractivity contribution in [1.29, 1.82) is 0 Å². The molecule has 4 heteroatoms. The number of nitrogens with one attached hydrogen (secondary N) is 2. The molecule has 0 radical (unpaired) electrons. The standard InChI is InChI=1S/C16H26N2O2/c1-4-6-15(19)11-17-16(20)18-12(3)14-9-7-13(5-2)8-10-14/h7-10,12,15,19H,4-6,11H2,1-3H3,(H2,17,18,20). The molecular weight excluding hydrogens is 252 g/mol. The summed E-state index contributed by atoms with van der Waals surface area (Å²) >= 11 is 0. The van der Waals surface area contributed by atoms with Gasteiger partial charge in [-0.2, -0.15) is 0 Å². The zero-order chi connectivity index (χ0) is 15.0. The predicted octanol–water partition coefficient (Wildman–Crippen LogP) is 2.77. The number of aliphatic hydroxyl groups excluding tert-OH is 1. The summed E-state index contributed by atoms with van der Waals surface area (Å²) in [5, 5.41) is 15.1. The van der Waals surface area contributed by atoms with Crippen LogP contribution in [0.2, 0.25) is 0 Å². The Labute approximate surface area is 121 Å². The van der Waals surface area contributed by atoms with Gasteiger partial charge in [-0.1, -0.05) is 44.5 Å². The van der Waals surface area contributed by atoms with Gasteiger partial charge in [0.25, 0.3) is 0 Å². The van der Waals surface area contributed by atoms with Crippen molar-refractivity contribution in [2.45, 2.75) is 52.2 Å². The van der Waals surface area contributed by atoms with Gasteiger partial charge in [0, 0.05) is 6.54 Å². The highest BCUT2D eigenvalue weighted by Crippen LogP contribution is 2.13. The van der Waals surface area contributed by atoms with Crippen LogP contribution in [0.4, 0.5) is 4.79 Å². The van der Waals surface area contributed by atoms with Crippen molar-refractivity contribution >= 4 is 6.03 Å². The molecule has 0 saturated heterocycles. The van der Waals surface area contributed by atoms with Crippen molar-refractivity contribution in [3.8, 4) is 0 Å². The fourth-order valence-corrected chi connectivity index (χ4v) is 2.02. The van der Waals surface area contributed by atoms with Crippen LogP contribution >= 0.6 is 0 Å². The molecule has 1 aromatic rings. The third kappa shape index (κ3) is 5.61. The van der Waals surface area contributed by atoms with E-state index in [-0.39, 0.29) is 12.1 Å². The van der Waals surface area contributed by atoms with Crippen molar-refractivity contribution in [2.24, 2.45) is 0 Å². The van der Waals surface area contributed by atoms with E-state index in [0.717, 1.165) is 18.4 Å². The molecule has 2 atom stereocenters.